The molecule has 0 aliphatic carbocycles. The number of ether oxygens (including phenoxy) is 1. The Morgan fingerprint density at radius 2 is 1.71 bits per heavy atom. The van der Waals surface area contributed by atoms with Crippen LogP contribution in [0.25, 0.3) is 0 Å². The minimum atomic E-state index is -0.574. The van der Waals surface area contributed by atoms with Gasteiger partial charge < -0.3 is 14.5 Å². The SMILES string of the molecule is O=C1CN(CC(=O)N(Cc2ccccc2)c2ccccc2)c2ccc([N+](=O)[O-])cc2O1. The molecule has 1 heterocycles. The largest absolute Gasteiger partial charge is 0.423 e. The van der Waals surface area contributed by atoms with Gasteiger partial charge >= 0.3 is 5.97 Å². The van der Waals surface area contributed by atoms with Gasteiger partial charge in [0.15, 0.2) is 5.75 Å². The first-order valence-corrected chi connectivity index (χ1v) is 9.64. The van der Waals surface area contributed by atoms with Crippen LogP contribution >= 0.6 is 0 Å². The third-order valence-electron chi connectivity index (χ3n) is 4.92. The first kappa shape index (κ1) is 20.1. The van der Waals surface area contributed by atoms with E-state index in [0.29, 0.717) is 12.2 Å². The summed E-state index contributed by atoms with van der Waals surface area (Å²) in [6.45, 7) is 0.168. The highest BCUT2D eigenvalue weighted by molar-refractivity contribution is 5.98. The summed E-state index contributed by atoms with van der Waals surface area (Å²) in [4.78, 5) is 39.1. The number of non-ortho nitro benzene ring substituents is 1. The maximum atomic E-state index is 13.3. The Morgan fingerprint density at radius 3 is 2.39 bits per heavy atom. The third-order valence-corrected chi connectivity index (χ3v) is 4.92. The standard InChI is InChI=1S/C23H19N3O5/c27-22(25(18-9-5-2-6-10-18)14-17-7-3-1-4-8-17)15-24-16-23(28)31-21-13-19(26(29)30)11-12-20(21)24/h1-13H,14-16H2. The lowest BCUT2D eigenvalue weighted by Crippen LogP contribution is -2.45. The minimum absolute atomic E-state index is 0.0765. The molecule has 3 aromatic carbocycles. The Bertz CT molecular complexity index is 1120. The average molecular weight is 417 g/mol. The van der Waals surface area contributed by atoms with Crippen molar-refractivity contribution >= 4 is 28.9 Å². The van der Waals surface area contributed by atoms with E-state index in [-0.39, 0.29) is 30.4 Å². The Balaban J connectivity index is 1.61. The summed E-state index contributed by atoms with van der Waals surface area (Å²) in [5.74, 6) is -0.711. The molecule has 0 bridgehead atoms. The fraction of sp³-hybridized carbons (Fsp3) is 0.130. The highest BCUT2D eigenvalue weighted by atomic mass is 16.6. The molecule has 0 atom stereocenters. The number of fused-ring (bicyclic) bond motifs is 1. The van der Waals surface area contributed by atoms with Gasteiger partial charge in [-0.3, -0.25) is 14.9 Å². The number of hydrogen-bond donors (Lipinski definition) is 0. The molecule has 1 aliphatic heterocycles. The number of carbonyl (C=O) groups is 2. The van der Waals surface area contributed by atoms with Crippen LogP contribution in [0.15, 0.2) is 78.9 Å². The Kier molecular flexibility index (Phi) is 5.61. The molecule has 156 valence electrons. The quantitative estimate of drug-likeness (QED) is 0.264. The molecule has 0 unspecified atom stereocenters. The molecule has 8 heteroatoms. The van der Waals surface area contributed by atoms with Crippen molar-refractivity contribution in [3.63, 3.8) is 0 Å². The number of nitro groups is 1. The molecule has 0 aromatic heterocycles. The molecule has 0 saturated carbocycles. The van der Waals surface area contributed by atoms with E-state index in [0.717, 1.165) is 11.3 Å². The van der Waals surface area contributed by atoms with Gasteiger partial charge in [0.2, 0.25) is 5.91 Å². The van der Waals surface area contributed by atoms with E-state index in [1.807, 2.05) is 60.7 Å². The second-order valence-corrected chi connectivity index (χ2v) is 7.04. The predicted octanol–water partition coefficient (Wildman–Crippen LogP) is 3.55. The maximum Gasteiger partial charge on any atom is 0.331 e. The van der Waals surface area contributed by atoms with E-state index < -0.39 is 10.9 Å². The van der Waals surface area contributed by atoms with Gasteiger partial charge in [-0.15, -0.1) is 0 Å². The fourth-order valence-corrected chi connectivity index (χ4v) is 3.44. The van der Waals surface area contributed by atoms with Gasteiger partial charge in [-0.1, -0.05) is 48.5 Å². The number of hydrogen-bond acceptors (Lipinski definition) is 6. The van der Waals surface area contributed by atoms with Gasteiger partial charge in [-0.25, -0.2) is 4.79 Å². The minimum Gasteiger partial charge on any atom is -0.423 e. The first-order valence-electron chi connectivity index (χ1n) is 9.64. The van der Waals surface area contributed by atoms with Crippen molar-refractivity contribution < 1.29 is 19.2 Å². The topological polar surface area (TPSA) is 93.0 Å². The molecule has 3 aromatic rings. The molecule has 0 saturated heterocycles. The van der Waals surface area contributed by atoms with Gasteiger partial charge in [0.05, 0.1) is 29.8 Å². The summed E-state index contributed by atoms with van der Waals surface area (Å²) in [6, 6.07) is 22.9. The molecular formula is C23H19N3O5. The van der Waals surface area contributed by atoms with E-state index in [1.165, 1.54) is 18.2 Å². The number of amides is 1. The molecular weight excluding hydrogens is 398 g/mol. The van der Waals surface area contributed by atoms with E-state index in [2.05, 4.69) is 0 Å². The number of anilines is 2. The van der Waals surface area contributed by atoms with Crippen molar-refractivity contribution in [2.45, 2.75) is 6.54 Å². The Morgan fingerprint density at radius 1 is 1.03 bits per heavy atom. The Labute approximate surface area is 178 Å². The molecule has 0 radical (unpaired) electrons. The number of para-hydroxylation sites is 1. The second-order valence-electron chi connectivity index (χ2n) is 7.04. The zero-order chi connectivity index (χ0) is 21.8. The van der Waals surface area contributed by atoms with Gasteiger partial charge in [0.1, 0.15) is 6.54 Å². The van der Waals surface area contributed by atoms with Crippen molar-refractivity contribution in [1.82, 2.24) is 0 Å². The summed E-state index contributed by atoms with van der Waals surface area (Å²) in [5, 5.41) is 11.0. The van der Waals surface area contributed by atoms with E-state index >= 15 is 0 Å². The highest BCUT2D eigenvalue weighted by Gasteiger charge is 2.29. The maximum absolute atomic E-state index is 13.3. The van der Waals surface area contributed by atoms with Gasteiger partial charge in [0.25, 0.3) is 5.69 Å². The number of esters is 1. The van der Waals surface area contributed by atoms with Crippen LogP contribution in [0.5, 0.6) is 5.75 Å². The first-order chi connectivity index (χ1) is 15.0. The van der Waals surface area contributed by atoms with Crippen molar-refractivity contribution in [3.05, 3.63) is 94.5 Å². The van der Waals surface area contributed by atoms with Crippen LogP contribution in [0.2, 0.25) is 0 Å². The van der Waals surface area contributed by atoms with Crippen LogP contribution in [-0.2, 0) is 16.1 Å². The number of carbonyl (C=O) groups excluding carboxylic acids is 2. The van der Waals surface area contributed by atoms with Crippen molar-refractivity contribution in [2.75, 3.05) is 22.9 Å². The van der Waals surface area contributed by atoms with Crippen LogP contribution in [0.1, 0.15) is 5.56 Å². The van der Waals surface area contributed by atoms with Gasteiger partial charge in [0, 0.05) is 11.8 Å². The lowest BCUT2D eigenvalue weighted by atomic mass is 10.1. The summed E-state index contributed by atoms with van der Waals surface area (Å²) in [5.41, 5.74) is 1.98. The Hall–Kier alpha value is -4.20. The van der Waals surface area contributed by atoms with Crippen LogP contribution in [0.4, 0.5) is 17.1 Å². The highest BCUT2D eigenvalue weighted by Crippen LogP contribution is 2.35. The summed E-state index contributed by atoms with van der Waals surface area (Å²) in [6.07, 6.45) is 0. The summed E-state index contributed by atoms with van der Waals surface area (Å²) >= 11 is 0. The number of nitrogens with zero attached hydrogens (tertiary/aromatic N) is 3. The molecule has 1 aliphatic rings. The third kappa shape index (κ3) is 4.53. The normalized spacial score (nSPS) is 12.6. The van der Waals surface area contributed by atoms with E-state index in [4.69, 9.17) is 4.74 Å². The van der Waals surface area contributed by atoms with Crippen molar-refractivity contribution in [2.24, 2.45) is 0 Å². The molecule has 0 fully saturated rings. The number of rotatable bonds is 6. The van der Waals surface area contributed by atoms with Gasteiger partial charge in [-0.05, 0) is 23.8 Å². The average Bonchev–Trinajstić information content (AvgIpc) is 2.78. The van der Waals surface area contributed by atoms with Crippen LogP contribution in [0, 0.1) is 10.1 Å². The number of nitro benzene ring substituents is 1. The lowest BCUT2D eigenvalue weighted by molar-refractivity contribution is -0.384. The van der Waals surface area contributed by atoms with E-state index in [9.17, 15) is 19.7 Å². The fourth-order valence-electron chi connectivity index (χ4n) is 3.44. The van der Waals surface area contributed by atoms with Crippen molar-refractivity contribution in [1.29, 1.82) is 0 Å². The van der Waals surface area contributed by atoms with Crippen LogP contribution < -0.4 is 14.5 Å². The second kappa shape index (κ2) is 8.66. The van der Waals surface area contributed by atoms with Crippen molar-refractivity contribution in [3.8, 4) is 5.75 Å². The zero-order valence-corrected chi connectivity index (χ0v) is 16.5. The molecule has 8 nitrogen and oxygen atoms in total. The molecule has 31 heavy (non-hydrogen) atoms. The summed E-state index contributed by atoms with van der Waals surface area (Å²) < 4.78 is 5.17. The zero-order valence-electron chi connectivity index (χ0n) is 16.5. The summed E-state index contributed by atoms with van der Waals surface area (Å²) in [7, 11) is 0. The lowest BCUT2D eigenvalue weighted by Gasteiger charge is -2.31. The molecule has 0 N–H and O–H groups in total. The van der Waals surface area contributed by atoms with Gasteiger partial charge in [-0.2, -0.15) is 0 Å². The predicted molar refractivity (Wildman–Crippen MR) is 115 cm³/mol. The van der Waals surface area contributed by atoms with Crippen LogP contribution in [0.3, 0.4) is 0 Å². The molecule has 1 amide bonds. The number of benzene rings is 3. The smallest absolute Gasteiger partial charge is 0.331 e. The van der Waals surface area contributed by atoms with E-state index in [1.54, 1.807) is 9.80 Å². The molecule has 4 rings (SSSR count). The van der Waals surface area contributed by atoms with Crippen LogP contribution in [-0.4, -0.2) is 29.9 Å². The molecule has 0 spiro atoms. The monoisotopic (exact) mass is 417 g/mol.